The van der Waals surface area contributed by atoms with Gasteiger partial charge in [-0.1, -0.05) is 11.4 Å². The molecule has 0 aromatic heterocycles. The fourth-order valence-electron chi connectivity index (χ4n) is 0.504. The van der Waals surface area contributed by atoms with E-state index < -0.39 is 7.58 Å². The van der Waals surface area contributed by atoms with E-state index in [1.54, 1.807) is 24.6 Å². The molecule has 1 aliphatic heterocycles. The topological polar surface area (TPSA) is 30.8 Å². The van der Waals surface area contributed by atoms with Crippen LogP contribution in [0.15, 0.2) is 4.99 Å². The predicted molar refractivity (Wildman–Crippen MR) is 45.7 cm³/mol. The Labute approximate surface area is 65.9 Å². The molecule has 0 aliphatic carbocycles. The van der Waals surface area contributed by atoms with Crippen molar-refractivity contribution in [3.63, 3.8) is 0 Å². The molecule has 0 aromatic rings. The van der Waals surface area contributed by atoms with Crippen LogP contribution in [0.25, 0.3) is 0 Å². The fourth-order valence-corrected chi connectivity index (χ4v) is 3.11. The SMILES string of the molecule is C/N=C/COP1OCCS1. The largest absolute Gasteiger partial charge is 0.325 e. The van der Waals surface area contributed by atoms with E-state index in [2.05, 4.69) is 4.99 Å². The summed E-state index contributed by atoms with van der Waals surface area (Å²) >= 11 is 1.75. The minimum absolute atomic E-state index is 0.579. The Balaban J connectivity index is 2.01. The summed E-state index contributed by atoms with van der Waals surface area (Å²) in [5.41, 5.74) is 0. The van der Waals surface area contributed by atoms with E-state index in [9.17, 15) is 0 Å². The molecule has 1 aliphatic rings. The quantitative estimate of drug-likeness (QED) is 0.488. The lowest BCUT2D eigenvalue weighted by Gasteiger charge is -2.04. The molecule has 10 heavy (non-hydrogen) atoms. The number of rotatable bonds is 3. The third-order valence-corrected chi connectivity index (χ3v) is 4.04. The maximum atomic E-state index is 5.30. The average molecular weight is 179 g/mol. The zero-order valence-electron chi connectivity index (χ0n) is 5.82. The molecule has 58 valence electrons. The average Bonchev–Trinajstić information content (AvgIpc) is 2.41. The van der Waals surface area contributed by atoms with Crippen molar-refractivity contribution in [3.8, 4) is 0 Å². The third-order valence-electron chi connectivity index (χ3n) is 0.914. The van der Waals surface area contributed by atoms with Gasteiger partial charge in [0, 0.05) is 19.0 Å². The van der Waals surface area contributed by atoms with Gasteiger partial charge in [-0.25, -0.2) is 0 Å². The fraction of sp³-hybridized carbons (Fsp3) is 0.800. The summed E-state index contributed by atoms with van der Waals surface area (Å²) in [5.74, 6) is 1.06. The molecule has 1 fully saturated rings. The lowest BCUT2D eigenvalue weighted by atomic mass is 10.8. The molecule has 0 amide bonds. The van der Waals surface area contributed by atoms with Crippen molar-refractivity contribution < 1.29 is 9.05 Å². The van der Waals surface area contributed by atoms with Gasteiger partial charge >= 0.3 is 0 Å². The van der Waals surface area contributed by atoms with E-state index in [0.29, 0.717) is 6.61 Å². The van der Waals surface area contributed by atoms with Crippen molar-refractivity contribution in [1.29, 1.82) is 0 Å². The van der Waals surface area contributed by atoms with Gasteiger partial charge in [0.2, 0.25) is 7.58 Å². The maximum Gasteiger partial charge on any atom is 0.238 e. The van der Waals surface area contributed by atoms with Crippen LogP contribution in [-0.2, 0) is 9.05 Å². The second-order valence-corrected chi connectivity index (χ2v) is 4.93. The summed E-state index contributed by atoms with van der Waals surface area (Å²) in [5, 5.41) is 0. The van der Waals surface area contributed by atoms with Crippen LogP contribution in [0.3, 0.4) is 0 Å². The number of aliphatic imine (C=N–C) groups is 1. The first kappa shape index (κ1) is 8.47. The van der Waals surface area contributed by atoms with Gasteiger partial charge in [0.05, 0.1) is 13.2 Å². The highest BCUT2D eigenvalue weighted by molar-refractivity contribution is 8.53. The summed E-state index contributed by atoms with van der Waals surface area (Å²) in [4.78, 5) is 3.79. The minimum Gasteiger partial charge on any atom is -0.325 e. The second-order valence-electron chi connectivity index (χ2n) is 1.63. The van der Waals surface area contributed by atoms with Crippen LogP contribution in [0.1, 0.15) is 0 Å². The van der Waals surface area contributed by atoms with Gasteiger partial charge in [-0.3, -0.25) is 4.99 Å². The first-order valence-electron chi connectivity index (χ1n) is 3.03. The van der Waals surface area contributed by atoms with Gasteiger partial charge < -0.3 is 9.05 Å². The first-order chi connectivity index (χ1) is 4.93. The van der Waals surface area contributed by atoms with Gasteiger partial charge in [0.25, 0.3) is 0 Å². The smallest absolute Gasteiger partial charge is 0.238 e. The molecule has 0 radical (unpaired) electrons. The second kappa shape index (κ2) is 5.08. The lowest BCUT2D eigenvalue weighted by Crippen LogP contribution is -1.88. The molecule has 5 heteroatoms. The van der Waals surface area contributed by atoms with E-state index in [-0.39, 0.29) is 0 Å². The first-order valence-corrected chi connectivity index (χ1v) is 5.80. The van der Waals surface area contributed by atoms with Gasteiger partial charge in [-0.15, -0.1) is 0 Å². The van der Waals surface area contributed by atoms with Crippen molar-refractivity contribution in [1.82, 2.24) is 0 Å². The zero-order valence-corrected chi connectivity index (χ0v) is 7.53. The number of hydrogen-bond acceptors (Lipinski definition) is 4. The van der Waals surface area contributed by atoms with Crippen LogP contribution in [0.5, 0.6) is 0 Å². The van der Waals surface area contributed by atoms with Crippen LogP contribution in [0.2, 0.25) is 0 Å². The van der Waals surface area contributed by atoms with E-state index >= 15 is 0 Å². The molecular weight excluding hydrogens is 169 g/mol. The Morgan fingerprint density at radius 2 is 2.80 bits per heavy atom. The lowest BCUT2D eigenvalue weighted by molar-refractivity contribution is 0.310. The predicted octanol–water partition coefficient (Wildman–Crippen LogP) is 1.69. The van der Waals surface area contributed by atoms with Gasteiger partial charge in [-0.05, 0) is 0 Å². The Bertz CT molecular complexity index is 116. The molecule has 0 bridgehead atoms. The van der Waals surface area contributed by atoms with E-state index in [0.717, 1.165) is 12.4 Å². The highest BCUT2D eigenvalue weighted by Crippen LogP contribution is 2.55. The van der Waals surface area contributed by atoms with Crippen molar-refractivity contribution in [2.24, 2.45) is 4.99 Å². The molecular formula is C5H10NO2PS. The summed E-state index contributed by atoms with van der Waals surface area (Å²) in [6.07, 6.45) is 1.74. The van der Waals surface area contributed by atoms with E-state index in [4.69, 9.17) is 9.05 Å². The zero-order chi connectivity index (χ0) is 7.23. The molecule has 3 nitrogen and oxygen atoms in total. The molecule has 0 spiro atoms. The molecule has 1 rings (SSSR count). The summed E-state index contributed by atoms with van der Waals surface area (Å²) in [6, 6.07) is 0. The van der Waals surface area contributed by atoms with Crippen molar-refractivity contribution in [3.05, 3.63) is 0 Å². The third kappa shape index (κ3) is 2.97. The molecule has 0 saturated carbocycles. The van der Waals surface area contributed by atoms with E-state index in [1.165, 1.54) is 0 Å². The number of nitrogens with zero attached hydrogens (tertiary/aromatic N) is 1. The number of hydrogen-bond donors (Lipinski definition) is 0. The summed E-state index contributed by atoms with van der Waals surface area (Å²) in [6.45, 7) is 1.41. The molecule has 1 heterocycles. The monoisotopic (exact) mass is 179 g/mol. The molecule has 1 saturated heterocycles. The van der Waals surface area contributed by atoms with Gasteiger partial charge in [0.1, 0.15) is 0 Å². The Morgan fingerprint density at radius 1 is 1.90 bits per heavy atom. The van der Waals surface area contributed by atoms with Crippen molar-refractivity contribution in [2.75, 3.05) is 26.0 Å². The van der Waals surface area contributed by atoms with Crippen LogP contribution < -0.4 is 0 Å². The molecule has 1 unspecified atom stereocenters. The Kier molecular flexibility index (Phi) is 4.30. The van der Waals surface area contributed by atoms with Crippen LogP contribution in [0, 0.1) is 0 Å². The Hall–Kier alpha value is 0.370. The maximum absolute atomic E-state index is 5.30. The van der Waals surface area contributed by atoms with Crippen molar-refractivity contribution in [2.45, 2.75) is 0 Å². The summed E-state index contributed by atoms with van der Waals surface area (Å²) in [7, 11) is 1.10. The van der Waals surface area contributed by atoms with Gasteiger partial charge in [-0.2, -0.15) is 0 Å². The normalized spacial score (nSPS) is 26.3. The highest BCUT2D eigenvalue weighted by atomic mass is 32.7. The van der Waals surface area contributed by atoms with Crippen LogP contribution in [-0.4, -0.2) is 32.2 Å². The minimum atomic E-state index is -0.631. The molecule has 0 aromatic carbocycles. The van der Waals surface area contributed by atoms with E-state index in [1.807, 2.05) is 0 Å². The highest BCUT2D eigenvalue weighted by Gasteiger charge is 2.16. The van der Waals surface area contributed by atoms with Crippen LogP contribution in [0.4, 0.5) is 0 Å². The van der Waals surface area contributed by atoms with Crippen LogP contribution >= 0.6 is 19.0 Å². The molecule has 1 atom stereocenters. The Morgan fingerprint density at radius 3 is 3.40 bits per heavy atom. The summed E-state index contributed by atoms with van der Waals surface area (Å²) < 4.78 is 10.5. The molecule has 0 N–H and O–H groups in total. The van der Waals surface area contributed by atoms with Crippen molar-refractivity contribution >= 4 is 25.2 Å². The standard InChI is InChI=1S/C5H10NO2PS/c1-6-2-3-7-9-8-4-5-10-9/h2H,3-5H2,1H3/b6-2+. The van der Waals surface area contributed by atoms with Gasteiger partial charge in [0.15, 0.2) is 0 Å².